The van der Waals surface area contributed by atoms with Gasteiger partial charge in [-0.2, -0.15) is 0 Å². The lowest BCUT2D eigenvalue weighted by Crippen LogP contribution is -2.13. The summed E-state index contributed by atoms with van der Waals surface area (Å²) in [5.74, 6) is -0.180. The van der Waals surface area contributed by atoms with Crippen LogP contribution in [0.4, 0.5) is 5.13 Å². The fraction of sp³-hybridized carbons (Fsp3) is 0.115. The normalized spacial score (nSPS) is 11.2. The van der Waals surface area contributed by atoms with Crippen LogP contribution in [-0.4, -0.2) is 15.9 Å². The minimum Gasteiger partial charge on any atom is -0.298 e. The van der Waals surface area contributed by atoms with Gasteiger partial charge in [0, 0.05) is 10.9 Å². The van der Waals surface area contributed by atoms with Gasteiger partial charge in [-0.25, -0.2) is 9.97 Å². The standard InChI is InChI=1S/C26H21N3OS/c1-15-8-10-18(17(3)12-15)23-14-20(19-6-4-5-7-21(19)27-23)25(30)29-26-28-22-11-9-16(2)13-24(22)31-26/h4-14H,1-3H3,(H,28,29,30). The maximum Gasteiger partial charge on any atom is 0.258 e. The Balaban J connectivity index is 1.59. The molecule has 31 heavy (non-hydrogen) atoms. The quantitative estimate of drug-likeness (QED) is 0.352. The summed E-state index contributed by atoms with van der Waals surface area (Å²) >= 11 is 1.49. The van der Waals surface area contributed by atoms with E-state index < -0.39 is 0 Å². The number of carbonyl (C=O) groups excluding carboxylic acids is 1. The number of hydrogen-bond acceptors (Lipinski definition) is 4. The van der Waals surface area contributed by atoms with Crippen LogP contribution in [0.5, 0.6) is 0 Å². The zero-order valence-corrected chi connectivity index (χ0v) is 18.4. The van der Waals surface area contributed by atoms with E-state index in [2.05, 4.69) is 55.3 Å². The van der Waals surface area contributed by atoms with Crippen molar-refractivity contribution in [3.05, 3.63) is 89.0 Å². The molecule has 0 unspecified atom stereocenters. The first kappa shape index (κ1) is 19.4. The third-order valence-electron chi connectivity index (χ3n) is 5.38. The second-order valence-electron chi connectivity index (χ2n) is 7.83. The van der Waals surface area contributed by atoms with Gasteiger partial charge in [0.25, 0.3) is 5.91 Å². The molecule has 0 aliphatic heterocycles. The van der Waals surface area contributed by atoms with Crippen molar-refractivity contribution in [1.82, 2.24) is 9.97 Å². The van der Waals surface area contributed by atoms with Crippen molar-refractivity contribution in [2.45, 2.75) is 20.8 Å². The molecule has 2 aromatic heterocycles. The largest absolute Gasteiger partial charge is 0.298 e. The Bertz CT molecular complexity index is 1470. The summed E-state index contributed by atoms with van der Waals surface area (Å²) in [7, 11) is 0. The number of carbonyl (C=O) groups is 1. The number of thiazole rings is 1. The highest BCUT2D eigenvalue weighted by Gasteiger charge is 2.16. The summed E-state index contributed by atoms with van der Waals surface area (Å²) < 4.78 is 1.06. The highest BCUT2D eigenvalue weighted by Crippen LogP contribution is 2.30. The Morgan fingerprint density at radius 1 is 0.839 bits per heavy atom. The molecule has 0 atom stereocenters. The lowest BCUT2D eigenvalue weighted by Gasteiger charge is -2.11. The van der Waals surface area contributed by atoms with Crippen molar-refractivity contribution in [3.63, 3.8) is 0 Å². The fourth-order valence-electron chi connectivity index (χ4n) is 3.85. The molecular formula is C26H21N3OS. The molecule has 0 aliphatic rings. The van der Waals surface area contributed by atoms with E-state index in [1.807, 2.05) is 42.5 Å². The third kappa shape index (κ3) is 3.68. The molecule has 1 N–H and O–H groups in total. The van der Waals surface area contributed by atoms with E-state index in [1.54, 1.807) is 0 Å². The van der Waals surface area contributed by atoms with E-state index >= 15 is 0 Å². The molecule has 3 aromatic carbocycles. The van der Waals surface area contributed by atoms with Crippen molar-refractivity contribution in [3.8, 4) is 11.3 Å². The molecule has 152 valence electrons. The van der Waals surface area contributed by atoms with Crippen LogP contribution < -0.4 is 5.32 Å². The van der Waals surface area contributed by atoms with E-state index in [1.165, 1.54) is 22.5 Å². The molecule has 1 amide bonds. The topological polar surface area (TPSA) is 54.9 Å². The monoisotopic (exact) mass is 423 g/mol. The van der Waals surface area contributed by atoms with Crippen LogP contribution in [0.2, 0.25) is 0 Å². The molecular weight excluding hydrogens is 402 g/mol. The molecule has 0 fully saturated rings. The highest BCUT2D eigenvalue weighted by atomic mass is 32.1. The third-order valence-corrected chi connectivity index (χ3v) is 6.32. The zero-order valence-electron chi connectivity index (χ0n) is 17.6. The Kier molecular flexibility index (Phi) is 4.75. The summed E-state index contributed by atoms with van der Waals surface area (Å²) in [5.41, 5.74) is 7.61. The van der Waals surface area contributed by atoms with Crippen molar-refractivity contribution in [1.29, 1.82) is 0 Å². The predicted molar refractivity (Wildman–Crippen MR) is 129 cm³/mol. The number of aromatic nitrogens is 2. The number of pyridine rings is 1. The lowest BCUT2D eigenvalue weighted by molar-refractivity contribution is 0.102. The molecule has 5 rings (SSSR count). The van der Waals surface area contributed by atoms with Gasteiger partial charge in [-0.1, -0.05) is 59.4 Å². The van der Waals surface area contributed by atoms with E-state index in [0.717, 1.165) is 37.9 Å². The molecule has 0 bridgehead atoms. The van der Waals surface area contributed by atoms with Gasteiger partial charge in [-0.3, -0.25) is 10.1 Å². The van der Waals surface area contributed by atoms with Gasteiger partial charge in [0.2, 0.25) is 0 Å². The molecule has 0 spiro atoms. The maximum atomic E-state index is 13.3. The molecule has 5 aromatic rings. The molecule has 0 saturated heterocycles. The van der Waals surface area contributed by atoms with Gasteiger partial charge < -0.3 is 0 Å². The SMILES string of the molecule is Cc1ccc(-c2cc(C(=O)Nc3nc4ccc(C)cc4s3)c3ccccc3n2)c(C)c1. The first-order valence-corrected chi connectivity index (χ1v) is 11.0. The van der Waals surface area contributed by atoms with Crippen LogP contribution in [-0.2, 0) is 0 Å². The van der Waals surface area contributed by atoms with Gasteiger partial charge in [0.15, 0.2) is 5.13 Å². The summed E-state index contributed by atoms with van der Waals surface area (Å²) in [6.45, 7) is 6.19. The van der Waals surface area contributed by atoms with E-state index in [4.69, 9.17) is 4.98 Å². The minimum atomic E-state index is -0.180. The number of nitrogens with one attached hydrogen (secondary N) is 1. The van der Waals surface area contributed by atoms with Gasteiger partial charge in [0.1, 0.15) is 0 Å². The van der Waals surface area contributed by atoms with Crippen LogP contribution in [0, 0.1) is 20.8 Å². The molecule has 0 radical (unpaired) electrons. The highest BCUT2D eigenvalue weighted by molar-refractivity contribution is 7.22. The number of benzene rings is 3. The van der Waals surface area contributed by atoms with Crippen LogP contribution >= 0.6 is 11.3 Å². The van der Waals surface area contributed by atoms with E-state index in [0.29, 0.717) is 10.7 Å². The summed E-state index contributed by atoms with van der Waals surface area (Å²) in [6, 6.07) is 22.0. The number of aryl methyl sites for hydroxylation is 3. The van der Waals surface area contributed by atoms with Crippen molar-refractivity contribution in [2.75, 3.05) is 5.32 Å². The van der Waals surface area contributed by atoms with Crippen molar-refractivity contribution < 1.29 is 4.79 Å². The zero-order chi connectivity index (χ0) is 21.5. The predicted octanol–water partition coefficient (Wildman–Crippen LogP) is 6.69. The molecule has 4 nitrogen and oxygen atoms in total. The van der Waals surface area contributed by atoms with E-state index in [9.17, 15) is 4.79 Å². The number of fused-ring (bicyclic) bond motifs is 2. The Morgan fingerprint density at radius 2 is 1.61 bits per heavy atom. The Morgan fingerprint density at radius 3 is 2.45 bits per heavy atom. The smallest absolute Gasteiger partial charge is 0.258 e. The average Bonchev–Trinajstić information content (AvgIpc) is 3.14. The number of para-hydroxylation sites is 1. The number of rotatable bonds is 3. The van der Waals surface area contributed by atoms with Gasteiger partial charge in [0.05, 0.1) is 27.0 Å². The summed E-state index contributed by atoms with van der Waals surface area (Å²) in [6.07, 6.45) is 0. The van der Waals surface area contributed by atoms with Crippen LogP contribution in [0.3, 0.4) is 0 Å². The Hall–Kier alpha value is -3.57. The Labute approximate surface area is 184 Å². The van der Waals surface area contributed by atoms with Crippen LogP contribution in [0.25, 0.3) is 32.4 Å². The second-order valence-corrected chi connectivity index (χ2v) is 8.87. The second kappa shape index (κ2) is 7.60. The summed E-state index contributed by atoms with van der Waals surface area (Å²) in [4.78, 5) is 22.7. The number of nitrogens with zero attached hydrogens (tertiary/aromatic N) is 2. The fourth-order valence-corrected chi connectivity index (χ4v) is 4.81. The lowest BCUT2D eigenvalue weighted by atomic mass is 9.99. The molecule has 0 saturated carbocycles. The van der Waals surface area contributed by atoms with Crippen molar-refractivity contribution in [2.24, 2.45) is 0 Å². The van der Waals surface area contributed by atoms with Gasteiger partial charge in [-0.15, -0.1) is 0 Å². The van der Waals surface area contributed by atoms with E-state index in [-0.39, 0.29) is 5.91 Å². The number of anilines is 1. The molecule has 0 aliphatic carbocycles. The van der Waals surface area contributed by atoms with Crippen molar-refractivity contribution >= 4 is 43.5 Å². The maximum absolute atomic E-state index is 13.3. The first-order valence-electron chi connectivity index (χ1n) is 10.1. The van der Waals surface area contributed by atoms with Crippen LogP contribution in [0.1, 0.15) is 27.0 Å². The summed E-state index contributed by atoms with van der Waals surface area (Å²) in [5, 5.41) is 4.42. The van der Waals surface area contributed by atoms with Gasteiger partial charge >= 0.3 is 0 Å². The van der Waals surface area contributed by atoms with Crippen LogP contribution in [0.15, 0.2) is 66.7 Å². The average molecular weight is 424 g/mol. The minimum absolute atomic E-state index is 0.180. The number of amides is 1. The van der Waals surface area contributed by atoms with Gasteiger partial charge in [-0.05, 0) is 56.2 Å². The first-order chi connectivity index (χ1) is 15.0. The number of hydrogen-bond donors (Lipinski definition) is 1. The molecule has 5 heteroatoms. The molecule has 2 heterocycles.